The van der Waals surface area contributed by atoms with Crippen LogP contribution in [0.15, 0.2) is 67.3 Å². The van der Waals surface area contributed by atoms with E-state index in [0.717, 1.165) is 65.3 Å². The number of aromatic nitrogens is 3. The van der Waals surface area contributed by atoms with Crippen molar-refractivity contribution < 1.29 is 4.79 Å². The molecular weight excluding hydrogens is 436 g/mol. The average molecular weight is 465 g/mol. The van der Waals surface area contributed by atoms with Crippen LogP contribution in [0.1, 0.15) is 43.1 Å². The summed E-state index contributed by atoms with van der Waals surface area (Å²) in [7, 11) is 0. The molecule has 1 amide bonds. The quantitative estimate of drug-likeness (QED) is 0.427. The highest BCUT2D eigenvalue weighted by Gasteiger charge is 2.48. The molecule has 3 aliphatic rings. The van der Waals surface area contributed by atoms with Crippen molar-refractivity contribution in [3.05, 3.63) is 78.5 Å². The van der Waals surface area contributed by atoms with Crippen LogP contribution in [-0.4, -0.2) is 38.4 Å². The molecule has 5 heterocycles. The molecule has 1 unspecified atom stereocenters. The van der Waals surface area contributed by atoms with E-state index < -0.39 is 0 Å². The van der Waals surface area contributed by atoms with Gasteiger partial charge in [0, 0.05) is 43.8 Å². The monoisotopic (exact) mass is 464 g/mol. The molecule has 7 nitrogen and oxygen atoms in total. The number of pyridine rings is 2. The van der Waals surface area contributed by atoms with Crippen LogP contribution < -0.4 is 9.91 Å². The molecule has 0 radical (unpaired) electrons. The van der Waals surface area contributed by atoms with Gasteiger partial charge in [0.1, 0.15) is 17.5 Å². The molecule has 35 heavy (non-hydrogen) atoms. The Morgan fingerprint density at radius 1 is 0.914 bits per heavy atom. The summed E-state index contributed by atoms with van der Waals surface area (Å²) in [5, 5.41) is 4.77. The summed E-state index contributed by atoms with van der Waals surface area (Å²) in [6, 6.07) is 14.9. The lowest BCUT2D eigenvalue weighted by molar-refractivity contribution is -0.120. The van der Waals surface area contributed by atoms with Gasteiger partial charge in [0.05, 0.1) is 11.4 Å². The lowest BCUT2D eigenvalue weighted by Crippen LogP contribution is -2.47. The molecule has 1 saturated carbocycles. The first-order valence-corrected chi connectivity index (χ1v) is 12.5. The predicted octanol–water partition coefficient (Wildman–Crippen LogP) is 4.98. The number of rotatable bonds is 4. The molecule has 4 aromatic rings. The Morgan fingerprint density at radius 3 is 2.49 bits per heavy atom. The lowest BCUT2D eigenvalue weighted by Gasteiger charge is -2.38. The van der Waals surface area contributed by atoms with E-state index in [1.165, 1.54) is 12.8 Å². The van der Waals surface area contributed by atoms with Gasteiger partial charge in [-0.25, -0.2) is 9.99 Å². The van der Waals surface area contributed by atoms with E-state index in [9.17, 15) is 4.79 Å². The van der Waals surface area contributed by atoms with Crippen LogP contribution in [0.5, 0.6) is 0 Å². The molecule has 2 aliphatic heterocycles. The number of anilines is 2. The summed E-state index contributed by atoms with van der Waals surface area (Å²) in [6.45, 7) is 4.05. The number of carbonyl (C=O) groups is 1. The minimum atomic E-state index is -0.192. The minimum absolute atomic E-state index is 0.137. The summed E-state index contributed by atoms with van der Waals surface area (Å²) < 4.78 is 2.01. The van der Waals surface area contributed by atoms with Gasteiger partial charge in [0.25, 0.3) is 0 Å². The normalized spacial score (nSPS) is 20.1. The van der Waals surface area contributed by atoms with Crippen molar-refractivity contribution in [3.8, 4) is 11.1 Å². The van der Waals surface area contributed by atoms with Gasteiger partial charge in [-0.2, -0.15) is 0 Å². The number of nitrogens with zero attached hydrogens (tertiary/aromatic N) is 6. The fourth-order valence-corrected chi connectivity index (χ4v) is 5.59. The zero-order valence-corrected chi connectivity index (χ0v) is 19.8. The largest absolute Gasteiger partial charge is 0.307 e. The van der Waals surface area contributed by atoms with Crippen LogP contribution in [0.3, 0.4) is 0 Å². The third-order valence-corrected chi connectivity index (χ3v) is 7.54. The maximum absolute atomic E-state index is 13.7. The summed E-state index contributed by atoms with van der Waals surface area (Å²) >= 11 is 0. The average Bonchev–Trinajstić information content (AvgIpc) is 3.27. The number of carbonyl (C=O) groups excluding carboxylic acids is 1. The molecule has 1 atom stereocenters. The predicted molar refractivity (Wildman–Crippen MR) is 136 cm³/mol. The van der Waals surface area contributed by atoms with E-state index in [1.54, 1.807) is 0 Å². The van der Waals surface area contributed by atoms with Gasteiger partial charge in [-0.15, -0.1) is 0 Å². The van der Waals surface area contributed by atoms with Crippen molar-refractivity contribution in [2.45, 2.75) is 38.8 Å². The summed E-state index contributed by atoms with van der Waals surface area (Å²) in [4.78, 5) is 24.7. The van der Waals surface area contributed by atoms with Crippen molar-refractivity contribution in [1.29, 1.82) is 0 Å². The molecule has 0 bridgehead atoms. The molecule has 0 N–H and O–H groups in total. The second-order valence-corrected chi connectivity index (χ2v) is 9.86. The van der Waals surface area contributed by atoms with Crippen molar-refractivity contribution in [2.75, 3.05) is 23.0 Å². The van der Waals surface area contributed by atoms with E-state index >= 15 is 0 Å². The zero-order valence-electron chi connectivity index (χ0n) is 19.8. The smallest absolute Gasteiger partial charge is 0.232 e. The van der Waals surface area contributed by atoms with Gasteiger partial charge in [0.15, 0.2) is 0 Å². The molecule has 1 aliphatic carbocycles. The molecule has 2 fully saturated rings. The number of imidazole rings is 1. The van der Waals surface area contributed by atoms with E-state index in [4.69, 9.17) is 0 Å². The van der Waals surface area contributed by atoms with E-state index in [2.05, 4.69) is 63.3 Å². The van der Waals surface area contributed by atoms with Crippen LogP contribution in [-0.2, 0) is 4.79 Å². The van der Waals surface area contributed by atoms with E-state index in [1.807, 2.05) is 40.2 Å². The second kappa shape index (κ2) is 7.92. The lowest BCUT2D eigenvalue weighted by atomic mass is 10.0. The van der Waals surface area contributed by atoms with Crippen molar-refractivity contribution in [1.82, 2.24) is 19.4 Å². The Labute approximate surface area is 204 Å². The van der Waals surface area contributed by atoms with Gasteiger partial charge in [-0.3, -0.25) is 19.7 Å². The Hall–Kier alpha value is -3.71. The molecule has 3 aromatic heterocycles. The number of benzene rings is 1. The number of hydrogen-bond acceptors (Lipinski definition) is 5. The van der Waals surface area contributed by atoms with Crippen molar-refractivity contribution >= 4 is 22.9 Å². The van der Waals surface area contributed by atoms with Crippen LogP contribution in [0.4, 0.5) is 11.4 Å². The zero-order chi connectivity index (χ0) is 23.5. The van der Waals surface area contributed by atoms with Gasteiger partial charge in [-0.05, 0) is 67.5 Å². The third kappa shape index (κ3) is 3.33. The second-order valence-electron chi connectivity index (χ2n) is 9.86. The maximum Gasteiger partial charge on any atom is 0.232 e. The number of hydrogen-bond donors (Lipinski definition) is 0. The van der Waals surface area contributed by atoms with Crippen LogP contribution in [0.25, 0.3) is 16.8 Å². The van der Waals surface area contributed by atoms with Crippen LogP contribution >= 0.6 is 0 Å². The highest BCUT2D eigenvalue weighted by atomic mass is 16.2. The first-order valence-electron chi connectivity index (χ1n) is 12.5. The summed E-state index contributed by atoms with van der Waals surface area (Å²) in [5.74, 6) is 0.371. The number of aryl methyl sites for hydroxylation is 1. The highest BCUT2D eigenvalue weighted by Crippen LogP contribution is 2.51. The molecular formula is C28H28N6O. The Kier molecular flexibility index (Phi) is 4.67. The maximum atomic E-state index is 13.7. The first kappa shape index (κ1) is 20.6. The molecule has 7 rings (SSSR count). The van der Waals surface area contributed by atoms with Crippen molar-refractivity contribution in [2.24, 2.45) is 5.92 Å². The molecule has 176 valence electrons. The van der Waals surface area contributed by atoms with E-state index in [0.29, 0.717) is 0 Å². The highest BCUT2D eigenvalue weighted by molar-refractivity contribution is 6.03. The SMILES string of the molecule is Cc1nccc2c1N(N1CCCC1)C(c1ccc(-c3ccn4ccnc4c3)cc1)N2C(=O)C1CC1. The van der Waals surface area contributed by atoms with E-state index in [-0.39, 0.29) is 18.0 Å². The van der Waals surface area contributed by atoms with Gasteiger partial charge in [0.2, 0.25) is 5.91 Å². The van der Waals surface area contributed by atoms with Crippen LogP contribution in [0.2, 0.25) is 0 Å². The van der Waals surface area contributed by atoms with Crippen LogP contribution in [0, 0.1) is 12.8 Å². The number of fused-ring (bicyclic) bond motifs is 2. The number of hydrazine groups is 1. The summed E-state index contributed by atoms with van der Waals surface area (Å²) in [6.07, 6.45) is 11.8. The Bertz CT molecular complexity index is 1420. The standard InChI is InChI=1S/C28H28N6O/c1-19-26-24(10-12-29-19)33(28(35)22-8-9-22)27(34(26)32-14-2-3-15-32)21-6-4-20(5-7-21)23-11-16-31-17-13-30-25(31)18-23/h4-7,10-13,16-18,22,27H,2-3,8-9,14-15H2,1H3. The topological polar surface area (TPSA) is 57.0 Å². The fraction of sp³-hybridized carbons (Fsp3) is 0.321. The Balaban J connectivity index is 1.32. The third-order valence-electron chi connectivity index (χ3n) is 7.54. The van der Waals surface area contributed by atoms with Crippen molar-refractivity contribution in [3.63, 3.8) is 0 Å². The van der Waals surface area contributed by atoms with Gasteiger partial charge < -0.3 is 4.40 Å². The van der Waals surface area contributed by atoms with Gasteiger partial charge >= 0.3 is 0 Å². The Morgan fingerprint density at radius 2 is 1.71 bits per heavy atom. The minimum Gasteiger partial charge on any atom is -0.307 e. The first-order chi connectivity index (χ1) is 17.2. The number of amides is 1. The molecule has 0 spiro atoms. The molecule has 1 aromatic carbocycles. The van der Waals surface area contributed by atoms with Gasteiger partial charge in [-0.1, -0.05) is 24.3 Å². The fourth-order valence-electron chi connectivity index (χ4n) is 5.59. The molecule has 7 heteroatoms. The molecule has 1 saturated heterocycles. The summed E-state index contributed by atoms with van der Waals surface area (Å²) in [5.41, 5.74) is 7.35.